The summed E-state index contributed by atoms with van der Waals surface area (Å²) in [6.45, 7) is 0. The zero-order valence-electron chi connectivity index (χ0n) is 16.8. The van der Waals surface area contributed by atoms with Crippen molar-refractivity contribution in [1.29, 1.82) is 0 Å². The average Bonchev–Trinajstić information content (AvgIpc) is 3.04. The summed E-state index contributed by atoms with van der Waals surface area (Å²) in [5.74, 6) is 0.752. The van der Waals surface area contributed by atoms with Gasteiger partial charge in [0.2, 0.25) is 0 Å². The van der Waals surface area contributed by atoms with Crippen LogP contribution in [0.3, 0.4) is 0 Å². The molecule has 0 bridgehead atoms. The van der Waals surface area contributed by atoms with Gasteiger partial charge < -0.3 is 5.11 Å². The molecule has 3 aromatic heterocycles. The summed E-state index contributed by atoms with van der Waals surface area (Å²) in [5, 5.41) is 12.5. The number of halogens is 1. The molecule has 154 valence electrons. The standard InChI is InChI=1S/C25H21ClN4O/c26-19-6-8-21(9-7-19)30-23-22(5-3-13-29-23)25(24(30)31,16-18-10-14-27-15-11-18)17-20-4-1-2-12-28-20/h1-15,24,31H,16-17H2. The van der Waals surface area contributed by atoms with E-state index in [1.807, 2.05) is 65.6 Å². The van der Waals surface area contributed by atoms with E-state index in [0.717, 1.165) is 28.3 Å². The van der Waals surface area contributed by atoms with Crippen molar-refractivity contribution in [3.63, 3.8) is 0 Å². The van der Waals surface area contributed by atoms with Crippen LogP contribution in [0.15, 0.2) is 91.5 Å². The Morgan fingerprint density at radius 2 is 1.61 bits per heavy atom. The molecule has 31 heavy (non-hydrogen) atoms. The van der Waals surface area contributed by atoms with Gasteiger partial charge in [0.25, 0.3) is 0 Å². The van der Waals surface area contributed by atoms with E-state index < -0.39 is 11.6 Å². The summed E-state index contributed by atoms with van der Waals surface area (Å²) in [4.78, 5) is 15.3. The van der Waals surface area contributed by atoms with E-state index in [1.165, 1.54) is 0 Å². The van der Waals surface area contributed by atoms with E-state index in [0.29, 0.717) is 17.9 Å². The molecule has 0 fully saturated rings. The minimum absolute atomic E-state index is 0.570. The average molecular weight is 429 g/mol. The largest absolute Gasteiger partial charge is 0.372 e. The smallest absolute Gasteiger partial charge is 0.143 e. The highest BCUT2D eigenvalue weighted by Gasteiger charge is 2.52. The van der Waals surface area contributed by atoms with E-state index in [-0.39, 0.29) is 0 Å². The topological polar surface area (TPSA) is 62.1 Å². The molecule has 0 amide bonds. The molecule has 1 aromatic carbocycles. The molecule has 0 saturated heterocycles. The third kappa shape index (κ3) is 3.56. The quantitative estimate of drug-likeness (QED) is 0.498. The fourth-order valence-electron chi connectivity index (χ4n) is 4.47. The number of benzene rings is 1. The van der Waals surface area contributed by atoms with Gasteiger partial charge in [-0.25, -0.2) is 4.98 Å². The van der Waals surface area contributed by atoms with Crippen LogP contribution in [0.4, 0.5) is 11.5 Å². The summed E-state index contributed by atoms with van der Waals surface area (Å²) in [6.07, 6.45) is 7.47. The highest BCUT2D eigenvalue weighted by Crippen LogP contribution is 2.50. The molecule has 5 rings (SSSR count). The number of aromatic nitrogens is 3. The predicted octanol–water partition coefficient (Wildman–Crippen LogP) is 4.72. The van der Waals surface area contributed by atoms with Gasteiger partial charge in [0.15, 0.2) is 0 Å². The first-order valence-electron chi connectivity index (χ1n) is 10.1. The minimum Gasteiger partial charge on any atom is -0.372 e. The molecule has 1 aliphatic rings. The van der Waals surface area contributed by atoms with Crippen LogP contribution in [0.5, 0.6) is 0 Å². The van der Waals surface area contributed by atoms with E-state index >= 15 is 0 Å². The van der Waals surface area contributed by atoms with Crippen LogP contribution in [0.2, 0.25) is 5.02 Å². The van der Waals surface area contributed by atoms with Gasteiger partial charge in [-0.1, -0.05) is 23.7 Å². The SMILES string of the molecule is OC1N(c2ccc(Cl)cc2)c2ncccc2C1(Cc1ccncc1)Cc1ccccn1. The Morgan fingerprint density at radius 3 is 2.35 bits per heavy atom. The van der Waals surface area contributed by atoms with Crippen LogP contribution < -0.4 is 4.90 Å². The summed E-state index contributed by atoms with van der Waals surface area (Å²) >= 11 is 6.11. The Morgan fingerprint density at radius 1 is 0.839 bits per heavy atom. The molecular weight excluding hydrogens is 408 g/mol. The van der Waals surface area contributed by atoms with Gasteiger partial charge in [0.1, 0.15) is 12.0 Å². The molecule has 2 atom stereocenters. The van der Waals surface area contributed by atoms with Gasteiger partial charge in [0, 0.05) is 53.2 Å². The second kappa shape index (κ2) is 8.10. The van der Waals surface area contributed by atoms with Crippen LogP contribution >= 0.6 is 11.6 Å². The third-order valence-corrected chi connectivity index (χ3v) is 6.14. The first-order chi connectivity index (χ1) is 15.2. The maximum Gasteiger partial charge on any atom is 0.143 e. The van der Waals surface area contributed by atoms with Crippen LogP contribution in [0.25, 0.3) is 0 Å². The minimum atomic E-state index is -0.839. The number of aliphatic hydroxyl groups is 1. The fourth-order valence-corrected chi connectivity index (χ4v) is 4.60. The lowest BCUT2D eigenvalue weighted by Crippen LogP contribution is -2.46. The highest BCUT2D eigenvalue weighted by atomic mass is 35.5. The van der Waals surface area contributed by atoms with E-state index in [2.05, 4.69) is 21.0 Å². The van der Waals surface area contributed by atoms with Gasteiger partial charge in [-0.15, -0.1) is 0 Å². The lowest BCUT2D eigenvalue weighted by molar-refractivity contribution is 0.0964. The second-order valence-corrected chi connectivity index (χ2v) is 8.22. The predicted molar refractivity (Wildman–Crippen MR) is 121 cm³/mol. The fraction of sp³-hybridized carbons (Fsp3) is 0.160. The molecule has 0 saturated carbocycles. The molecule has 0 radical (unpaired) electrons. The molecule has 5 nitrogen and oxygen atoms in total. The summed E-state index contributed by atoms with van der Waals surface area (Å²) in [7, 11) is 0. The molecule has 2 unspecified atom stereocenters. The highest BCUT2D eigenvalue weighted by molar-refractivity contribution is 6.30. The van der Waals surface area contributed by atoms with Gasteiger partial charge in [-0.05, 0) is 66.6 Å². The van der Waals surface area contributed by atoms with Crippen molar-refractivity contribution in [2.45, 2.75) is 24.5 Å². The van der Waals surface area contributed by atoms with Gasteiger partial charge in [-0.2, -0.15) is 0 Å². The van der Waals surface area contributed by atoms with Crippen molar-refractivity contribution < 1.29 is 5.11 Å². The first kappa shape index (κ1) is 19.7. The number of rotatable bonds is 5. The van der Waals surface area contributed by atoms with Crippen molar-refractivity contribution in [3.05, 3.63) is 113 Å². The third-order valence-electron chi connectivity index (χ3n) is 5.89. The van der Waals surface area contributed by atoms with Crippen LogP contribution in [0, 0.1) is 0 Å². The maximum atomic E-state index is 11.9. The summed E-state index contributed by atoms with van der Waals surface area (Å²) in [6, 6.07) is 21.3. The Balaban J connectivity index is 1.68. The monoisotopic (exact) mass is 428 g/mol. The van der Waals surface area contributed by atoms with Crippen molar-refractivity contribution in [1.82, 2.24) is 15.0 Å². The van der Waals surface area contributed by atoms with Crippen molar-refractivity contribution in [2.24, 2.45) is 0 Å². The Bertz CT molecular complexity index is 1130. The van der Waals surface area contributed by atoms with Crippen molar-refractivity contribution in [3.8, 4) is 0 Å². The Kier molecular flexibility index (Phi) is 5.14. The molecule has 0 spiro atoms. The van der Waals surface area contributed by atoms with E-state index in [9.17, 15) is 5.11 Å². The Labute approximate surface area is 186 Å². The number of nitrogens with zero attached hydrogens (tertiary/aromatic N) is 4. The maximum absolute atomic E-state index is 11.9. The van der Waals surface area contributed by atoms with Gasteiger partial charge in [0.05, 0.1) is 5.41 Å². The van der Waals surface area contributed by atoms with Gasteiger partial charge >= 0.3 is 0 Å². The van der Waals surface area contributed by atoms with Crippen LogP contribution in [-0.2, 0) is 18.3 Å². The van der Waals surface area contributed by atoms with E-state index in [4.69, 9.17) is 11.6 Å². The van der Waals surface area contributed by atoms with Crippen LogP contribution in [0.1, 0.15) is 16.8 Å². The number of hydrogen-bond acceptors (Lipinski definition) is 5. The molecule has 0 aliphatic carbocycles. The molecule has 1 N–H and O–H groups in total. The van der Waals surface area contributed by atoms with Crippen LogP contribution in [-0.4, -0.2) is 26.3 Å². The molecule has 4 aromatic rings. The van der Waals surface area contributed by atoms with Crippen molar-refractivity contribution in [2.75, 3.05) is 4.90 Å². The Hall–Kier alpha value is -3.28. The zero-order valence-corrected chi connectivity index (χ0v) is 17.5. The van der Waals surface area contributed by atoms with Gasteiger partial charge in [-0.3, -0.25) is 14.9 Å². The molecular formula is C25H21ClN4O. The van der Waals surface area contributed by atoms with E-state index in [1.54, 1.807) is 24.8 Å². The number of pyridine rings is 3. The number of anilines is 2. The second-order valence-electron chi connectivity index (χ2n) is 7.78. The summed E-state index contributed by atoms with van der Waals surface area (Å²) in [5.41, 5.74) is 3.22. The zero-order chi connectivity index (χ0) is 21.3. The summed E-state index contributed by atoms with van der Waals surface area (Å²) < 4.78 is 0. The first-order valence-corrected chi connectivity index (χ1v) is 10.5. The molecule has 4 heterocycles. The lowest BCUT2D eigenvalue weighted by atomic mass is 9.72. The number of fused-ring (bicyclic) bond motifs is 1. The number of hydrogen-bond donors (Lipinski definition) is 1. The molecule has 1 aliphatic heterocycles. The normalized spacial score (nSPS) is 19.9. The lowest BCUT2D eigenvalue weighted by Gasteiger charge is -2.36. The number of aliphatic hydroxyl groups excluding tert-OH is 1. The van der Waals surface area contributed by atoms with Crippen molar-refractivity contribution >= 4 is 23.1 Å². The molecule has 6 heteroatoms.